The normalized spacial score (nSPS) is 12.7. The molecule has 5 aromatic rings. The SMILES string of the molecule is CC(C)CC(NC(=O)C(Cc1ccccc1)NC(=O)CNC(=O)OC(C)(C)C)C(=O)NCC(=O)NC(CCCCN)C(=O)NCCOCCOCC(=O)NC(CCC(=O)NC(CCC(=O)OCc1ccccc1)C(=O)OCc1ccccc1)C(=O)NC(CCC(=O)OCc1ccccc1)C(=O)OCc1ccccc1. The first-order valence-electron chi connectivity index (χ1n) is 36.3. The number of alkyl carbamates (subject to hydrolysis) is 1. The fraction of sp³-hybridized carbons (Fsp3) is 0.456. The molecule has 6 unspecified atom stereocenters. The van der Waals surface area contributed by atoms with Gasteiger partial charge in [-0.2, -0.15) is 0 Å². The number of carbonyl (C=O) groups is 13. The first-order valence-corrected chi connectivity index (χ1v) is 36.3. The van der Waals surface area contributed by atoms with Crippen molar-refractivity contribution in [2.45, 2.75) is 174 Å². The van der Waals surface area contributed by atoms with Gasteiger partial charge in [0.2, 0.25) is 47.3 Å². The fourth-order valence-corrected chi connectivity index (χ4v) is 10.4. The molecule has 5 rings (SSSR count). The van der Waals surface area contributed by atoms with E-state index in [1.54, 1.807) is 166 Å². The summed E-state index contributed by atoms with van der Waals surface area (Å²) >= 11 is 0. The van der Waals surface area contributed by atoms with Gasteiger partial charge in [0, 0.05) is 32.2 Å². The number of nitrogens with two attached hydrogens (primary N) is 1. The lowest BCUT2D eigenvalue weighted by atomic mass is 10.0. The van der Waals surface area contributed by atoms with Crippen molar-refractivity contribution in [2.75, 3.05) is 52.6 Å². The van der Waals surface area contributed by atoms with E-state index in [0.717, 1.165) is 5.56 Å². The second kappa shape index (κ2) is 49.7. The molecule has 0 bridgehead atoms. The number of rotatable bonds is 49. The van der Waals surface area contributed by atoms with Crippen LogP contribution in [0.3, 0.4) is 0 Å². The number of hydrogen-bond donors (Lipinski definition) is 10. The highest BCUT2D eigenvalue weighted by Gasteiger charge is 2.33. The molecule has 109 heavy (non-hydrogen) atoms. The summed E-state index contributed by atoms with van der Waals surface area (Å²) in [5.41, 5.74) is 8.32. The molecule has 0 aliphatic rings. The van der Waals surface area contributed by atoms with E-state index < -0.39 is 152 Å². The molecule has 0 fully saturated rings. The van der Waals surface area contributed by atoms with E-state index in [0.29, 0.717) is 41.6 Å². The molecule has 590 valence electrons. The van der Waals surface area contributed by atoms with Crippen molar-refractivity contribution in [3.05, 3.63) is 179 Å². The van der Waals surface area contributed by atoms with Gasteiger partial charge >= 0.3 is 30.0 Å². The Hall–Kier alpha value is -11.1. The van der Waals surface area contributed by atoms with Crippen LogP contribution in [0.1, 0.15) is 127 Å². The topological polar surface area (TPSA) is 421 Å². The Morgan fingerprint density at radius 3 is 1.28 bits per heavy atom. The van der Waals surface area contributed by atoms with Crippen LogP contribution in [0.2, 0.25) is 0 Å². The van der Waals surface area contributed by atoms with Gasteiger partial charge in [0.1, 0.15) is 81.4 Å². The third-order valence-corrected chi connectivity index (χ3v) is 16.0. The molecular weight excluding hydrogens is 1410 g/mol. The van der Waals surface area contributed by atoms with E-state index in [1.165, 1.54) is 0 Å². The molecule has 0 aliphatic carbocycles. The van der Waals surface area contributed by atoms with Crippen molar-refractivity contribution in [3.8, 4) is 0 Å². The second-order valence-corrected chi connectivity index (χ2v) is 26.8. The minimum absolute atomic E-state index is 0.0318. The zero-order valence-corrected chi connectivity index (χ0v) is 62.5. The maximum Gasteiger partial charge on any atom is 0.408 e. The molecule has 0 heterocycles. The summed E-state index contributed by atoms with van der Waals surface area (Å²) < 4.78 is 38.4. The van der Waals surface area contributed by atoms with Crippen LogP contribution in [-0.4, -0.2) is 172 Å². The van der Waals surface area contributed by atoms with Crippen LogP contribution in [-0.2, 0) is 124 Å². The molecule has 0 saturated heterocycles. The lowest BCUT2D eigenvalue weighted by Gasteiger charge is -2.25. The molecule has 9 amide bonds. The van der Waals surface area contributed by atoms with Crippen LogP contribution in [0.4, 0.5) is 4.79 Å². The number of amides is 9. The number of nitrogens with one attached hydrogen (secondary N) is 9. The molecule has 0 radical (unpaired) electrons. The van der Waals surface area contributed by atoms with Gasteiger partial charge in [0.05, 0.1) is 26.4 Å². The van der Waals surface area contributed by atoms with Gasteiger partial charge in [0.15, 0.2) is 0 Å². The average molecular weight is 1510 g/mol. The monoisotopic (exact) mass is 1510 g/mol. The highest BCUT2D eigenvalue weighted by atomic mass is 16.6. The van der Waals surface area contributed by atoms with Crippen molar-refractivity contribution >= 4 is 77.2 Å². The van der Waals surface area contributed by atoms with Crippen LogP contribution < -0.4 is 53.6 Å². The Balaban J connectivity index is 1.18. The number of benzene rings is 5. The van der Waals surface area contributed by atoms with Crippen LogP contribution in [0.5, 0.6) is 0 Å². The zero-order valence-electron chi connectivity index (χ0n) is 62.5. The van der Waals surface area contributed by atoms with Gasteiger partial charge in [-0.1, -0.05) is 166 Å². The van der Waals surface area contributed by atoms with Gasteiger partial charge in [0.25, 0.3) is 0 Å². The molecule has 5 aromatic carbocycles. The van der Waals surface area contributed by atoms with Gasteiger partial charge < -0.3 is 86.7 Å². The van der Waals surface area contributed by atoms with Gasteiger partial charge in [-0.15, -0.1) is 0 Å². The maximum atomic E-state index is 14.4. The van der Waals surface area contributed by atoms with E-state index in [4.69, 9.17) is 38.9 Å². The summed E-state index contributed by atoms with van der Waals surface area (Å²) in [6.07, 6.45) is -1.62. The highest BCUT2D eigenvalue weighted by Crippen LogP contribution is 2.15. The van der Waals surface area contributed by atoms with Gasteiger partial charge in [-0.25, -0.2) is 14.4 Å². The molecule has 11 N–H and O–H groups in total. The van der Waals surface area contributed by atoms with E-state index in [1.807, 2.05) is 19.9 Å². The number of esters is 4. The largest absolute Gasteiger partial charge is 0.461 e. The summed E-state index contributed by atoms with van der Waals surface area (Å²) in [6, 6.07) is 36.2. The Kier molecular flexibility index (Phi) is 40.4. The van der Waals surface area contributed by atoms with Crippen molar-refractivity contribution in [3.63, 3.8) is 0 Å². The summed E-state index contributed by atoms with van der Waals surface area (Å²) in [5, 5.41) is 23.3. The quantitative estimate of drug-likeness (QED) is 0.0146. The molecule has 30 nitrogen and oxygen atoms in total. The first-order chi connectivity index (χ1) is 52.3. The molecule has 6 atom stereocenters. The molecule has 0 spiro atoms. The summed E-state index contributed by atoms with van der Waals surface area (Å²) in [7, 11) is 0. The first kappa shape index (κ1) is 88.5. The Labute approximate surface area is 635 Å². The van der Waals surface area contributed by atoms with E-state index in [-0.39, 0.29) is 104 Å². The fourth-order valence-electron chi connectivity index (χ4n) is 10.4. The number of unbranched alkanes of at least 4 members (excludes halogenated alkanes) is 1. The molecule has 0 saturated carbocycles. The Bertz CT molecular complexity index is 3670. The molecule has 0 aromatic heterocycles. The lowest BCUT2D eigenvalue weighted by molar-refractivity contribution is -0.151. The van der Waals surface area contributed by atoms with E-state index in [2.05, 4.69) is 47.9 Å². The summed E-state index contributed by atoms with van der Waals surface area (Å²) in [5.74, 6) is -9.25. The minimum atomic E-state index is -1.56. The molecule has 0 aliphatic heterocycles. The zero-order chi connectivity index (χ0) is 79.2. The van der Waals surface area contributed by atoms with Crippen molar-refractivity contribution in [1.29, 1.82) is 0 Å². The Morgan fingerprint density at radius 1 is 0.385 bits per heavy atom. The third-order valence-electron chi connectivity index (χ3n) is 16.0. The number of hydrogen-bond acceptors (Lipinski definition) is 21. The highest BCUT2D eigenvalue weighted by molar-refractivity contribution is 5.95. The minimum Gasteiger partial charge on any atom is -0.461 e. The van der Waals surface area contributed by atoms with E-state index >= 15 is 0 Å². The van der Waals surface area contributed by atoms with E-state index in [9.17, 15) is 62.3 Å². The average Bonchev–Trinajstić information content (AvgIpc) is 0.873. The number of carbonyl (C=O) groups excluding carboxylic acids is 13. The molecular formula is C79H104N10O20. The van der Waals surface area contributed by atoms with Gasteiger partial charge in [-0.05, 0) is 106 Å². The third kappa shape index (κ3) is 38.3. The summed E-state index contributed by atoms with van der Waals surface area (Å²) in [6.45, 7) is 6.41. The van der Waals surface area contributed by atoms with Crippen molar-refractivity contribution < 1.29 is 95.5 Å². The summed E-state index contributed by atoms with van der Waals surface area (Å²) in [4.78, 5) is 175. The maximum absolute atomic E-state index is 14.4. The van der Waals surface area contributed by atoms with Gasteiger partial charge in [-0.3, -0.25) is 47.9 Å². The van der Waals surface area contributed by atoms with Crippen LogP contribution in [0.15, 0.2) is 152 Å². The Morgan fingerprint density at radius 2 is 0.789 bits per heavy atom. The van der Waals surface area contributed by atoms with Crippen molar-refractivity contribution in [2.24, 2.45) is 11.7 Å². The smallest absolute Gasteiger partial charge is 0.408 e. The second-order valence-electron chi connectivity index (χ2n) is 26.8. The number of ether oxygens (including phenoxy) is 7. The van der Waals surface area contributed by atoms with Crippen LogP contribution in [0.25, 0.3) is 0 Å². The molecule has 30 heteroatoms. The van der Waals surface area contributed by atoms with Crippen LogP contribution in [0, 0.1) is 5.92 Å². The standard InChI is InChI=1S/C79H104N10O20/c1-54(2)45-64(89-75(99)65(46-55-23-11-6-12-24-55)87-68(92)48-83-78(102)109-79(3,4)5)73(97)82-47-67(91)84-60(33-21-22-40-80)72(96)81-41-42-103-43-44-104-53-69(93)85-61(74(98)88-63(77(101)108-52-59-31-19-10-20-32-59)36-39-71(95)106-50-57-27-15-8-16-28-57)34-37-66(90)86-62(76(100)107-51-58-29-17-9-18-30-58)35-38-70(94)105-49-56-25-13-7-14-26-56/h6-20,23-32,54,60-65H,21-22,33-53,80H2,1-5H3,(H,81,96)(H,82,97)(H,83,102)(H,84,91)(H,85,93)(H,86,90)(H,87,92)(H,88,98)(H,89,99). The van der Waals surface area contributed by atoms with Crippen LogP contribution >= 0.6 is 0 Å². The lowest BCUT2D eigenvalue weighted by Crippen LogP contribution is -2.56. The predicted molar refractivity (Wildman–Crippen MR) is 399 cm³/mol. The predicted octanol–water partition coefficient (Wildman–Crippen LogP) is 4.42. The van der Waals surface area contributed by atoms with Crippen molar-refractivity contribution in [1.82, 2.24) is 47.9 Å².